The molecule has 0 saturated heterocycles. The van der Waals surface area contributed by atoms with Crippen molar-refractivity contribution in [3.8, 4) is 5.75 Å². The number of hydrogen-bond acceptors (Lipinski definition) is 5. The molecule has 0 aliphatic carbocycles. The van der Waals surface area contributed by atoms with E-state index in [9.17, 15) is 4.79 Å². The Labute approximate surface area is 193 Å². The first-order valence-corrected chi connectivity index (χ1v) is 11.4. The highest BCUT2D eigenvalue weighted by Crippen LogP contribution is 2.27. The number of para-hydroxylation sites is 1. The second kappa shape index (κ2) is 10.7. The van der Waals surface area contributed by atoms with E-state index in [0.29, 0.717) is 19.0 Å². The maximum absolute atomic E-state index is 12.2. The minimum atomic E-state index is -0.215. The number of rotatable bonds is 10. The summed E-state index contributed by atoms with van der Waals surface area (Å²) in [5, 5.41) is 6.80. The molecule has 0 atom stereocenters. The summed E-state index contributed by atoms with van der Waals surface area (Å²) >= 11 is 0. The minimum Gasteiger partial charge on any atom is -0.494 e. The summed E-state index contributed by atoms with van der Waals surface area (Å²) in [6.45, 7) is 4.21. The summed E-state index contributed by atoms with van der Waals surface area (Å²) in [5.41, 5.74) is 9.43. The van der Waals surface area contributed by atoms with Crippen LogP contribution in [0.15, 0.2) is 54.9 Å². The number of aryl methyl sites for hydroxylation is 1. The average Bonchev–Trinajstić information content (AvgIpc) is 3.25. The third-order valence-corrected chi connectivity index (χ3v) is 5.47. The molecule has 0 saturated carbocycles. The number of amides is 2. The van der Waals surface area contributed by atoms with Crippen LogP contribution in [0.25, 0.3) is 21.9 Å². The predicted molar refractivity (Wildman–Crippen MR) is 133 cm³/mol. The van der Waals surface area contributed by atoms with Gasteiger partial charge in [-0.05, 0) is 49.6 Å². The van der Waals surface area contributed by atoms with Crippen LogP contribution in [0.4, 0.5) is 16.3 Å². The lowest BCUT2D eigenvalue weighted by Gasteiger charge is -2.10. The van der Waals surface area contributed by atoms with Crippen molar-refractivity contribution < 1.29 is 9.53 Å². The van der Waals surface area contributed by atoms with E-state index in [2.05, 4.69) is 32.1 Å². The Kier molecular flexibility index (Phi) is 7.24. The summed E-state index contributed by atoms with van der Waals surface area (Å²) in [6.07, 6.45) is 5.68. The Balaban J connectivity index is 1.24. The number of urea groups is 1. The van der Waals surface area contributed by atoms with Crippen molar-refractivity contribution in [3.05, 3.63) is 54.9 Å². The van der Waals surface area contributed by atoms with Gasteiger partial charge in [0.05, 0.1) is 24.0 Å². The van der Waals surface area contributed by atoms with Gasteiger partial charge in [0.2, 0.25) is 0 Å². The second-order valence-electron chi connectivity index (χ2n) is 7.96. The topological polar surface area (TPSA) is 107 Å². The molecule has 172 valence electrons. The van der Waals surface area contributed by atoms with Gasteiger partial charge in [-0.15, -0.1) is 0 Å². The molecule has 8 nitrogen and oxygen atoms in total. The Morgan fingerprint density at radius 3 is 2.73 bits per heavy atom. The molecule has 0 radical (unpaired) electrons. The molecule has 2 aromatic heterocycles. The first-order valence-electron chi connectivity index (χ1n) is 11.4. The van der Waals surface area contributed by atoms with Crippen LogP contribution in [0, 0.1) is 0 Å². The lowest BCUT2D eigenvalue weighted by molar-refractivity contribution is 0.252. The number of carbonyl (C=O) groups excluding carboxylic acids is 1. The monoisotopic (exact) mass is 446 g/mol. The van der Waals surface area contributed by atoms with E-state index in [-0.39, 0.29) is 6.03 Å². The van der Waals surface area contributed by atoms with Gasteiger partial charge >= 0.3 is 6.03 Å². The number of imidazole rings is 1. The van der Waals surface area contributed by atoms with Crippen LogP contribution in [0.2, 0.25) is 0 Å². The fraction of sp³-hybridized carbons (Fsp3) is 0.320. The van der Waals surface area contributed by atoms with Gasteiger partial charge in [-0.1, -0.05) is 31.5 Å². The van der Waals surface area contributed by atoms with Crippen molar-refractivity contribution in [2.75, 3.05) is 24.2 Å². The fourth-order valence-corrected chi connectivity index (χ4v) is 3.73. The first-order chi connectivity index (χ1) is 16.2. The number of nitrogens with two attached hydrogens (primary N) is 1. The van der Waals surface area contributed by atoms with Crippen molar-refractivity contribution >= 4 is 39.5 Å². The number of pyridine rings is 1. The molecule has 4 aromatic rings. The molecule has 2 amide bonds. The normalized spacial score (nSPS) is 11.1. The molecule has 0 spiro atoms. The molecule has 8 heteroatoms. The van der Waals surface area contributed by atoms with Gasteiger partial charge in [-0.2, -0.15) is 0 Å². The van der Waals surface area contributed by atoms with Crippen molar-refractivity contribution in [2.45, 2.75) is 39.2 Å². The molecule has 0 fully saturated rings. The van der Waals surface area contributed by atoms with E-state index in [1.165, 1.54) is 0 Å². The van der Waals surface area contributed by atoms with E-state index >= 15 is 0 Å². The molecule has 0 bridgehead atoms. The van der Waals surface area contributed by atoms with Gasteiger partial charge in [-0.25, -0.2) is 14.8 Å². The number of anilines is 2. The molecule has 33 heavy (non-hydrogen) atoms. The SMILES string of the molecule is CCCCOc1ccc(NC(=O)NCCCCn2cnc3c(N)nc4ccccc4c32)cc1. The molecule has 4 rings (SSSR count). The fourth-order valence-electron chi connectivity index (χ4n) is 3.73. The zero-order chi connectivity index (χ0) is 23.0. The molecule has 2 aromatic carbocycles. The number of nitrogens with one attached hydrogen (secondary N) is 2. The van der Waals surface area contributed by atoms with Crippen LogP contribution in [-0.4, -0.2) is 33.7 Å². The summed E-state index contributed by atoms with van der Waals surface area (Å²) in [4.78, 5) is 21.1. The van der Waals surface area contributed by atoms with E-state index < -0.39 is 0 Å². The van der Waals surface area contributed by atoms with Crippen LogP contribution in [0.1, 0.15) is 32.6 Å². The van der Waals surface area contributed by atoms with Crippen molar-refractivity contribution in [1.82, 2.24) is 19.9 Å². The highest BCUT2D eigenvalue weighted by molar-refractivity contribution is 6.06. The number of fused-ring (bicyclic) bond motifs is 3. The maximum Gasteiger partial charge on any atom is 0.319 e. The Bertz CT molecular complexity index is 1220. The second-order valence-corrected chi connectivity index (χ2v) is 7.96. The summed E-state index contributed by atoms with van der Waals surface area (Å²) in [7, 11) is 0. The van der Waals surface area contributed by atoms with Crippen LogP contribution >= 0.6 is 0 Å². The van der Waals surface area contributed by atoms with Crippen molar-refractivity contribution in [3.63, 3.8) is 0 Å². The van der Waals surface area contributed by atoms with Gasteiger partial charge in [0.25, 0.3) is 0 Å². The van der Waals surface area contributed by atoms with Crippen molar-refractivity contribution in [1.29, 1.82) is 0 Å². The van der Waals surface area contributed by atoms with Crippen LogP contribution in [0.5, 0.6) is 5.75 Å². The quantitative estimate of drug-likeness (QED) is 0.299. The zero-order valence-electron chi connectivity index (χ0n) is 18.9. The maximum atomic E-state index is 12.2. The largest absolute Gasteiger partial charge is 0.494 e. The van der Waals surface area contributed by atoms with Crippen molar-refractivity contribution in [2.24, 2.45) is 0 Å². The van der Waals surface area contributed by atoms with Gasteiger partial charge in [0, 0.05) is 24.2 Å². The number of hydrogen-bond donors (Lipinski definition) is 3. The number of nitrogens with zero attached hydrogens (tertiary/aromatic N) is 3. The van der Waals surface area contributed by atoms with Gasteiger partial charge in [0.15, 0.2) is 5.82 Å². The number of benzene rings is 2. The molecular formula is C25H30N6O2. The predicted octanol–water partition coefficient (Wildman–Crippen LogP) is 4.95. The number of carbonyl (C=O) groups is 1. The van der Waals surface area contributed by atoms with Gasteiger partial charge in [0.1, 0.15) is 11.3 Å². The van der Waals surface area contributed by atoms with Gasteiger partial charge in [-0.3, -0.25) is 0 Å². The minimum absolute atomic E-state index is 0.215. The molecule has 4 N–H and O–H groups in total. The molecule has 0 aliphatic rings. The van der Waals surface area contributed by atoms with E-state index in [4.69, 9.17) is 10.5 Å². The smallest absolute Gasteiger partial charge is 0.319 e. The highest BCUT2D eigenvalue weighted by Gasteiger charge is 2.11. The Morgan fingerprint density at radius 2 is 1.91 bits per heavy atom. The highest BCUT2D eigenvalue weighted by atomic mass is 16.5. The van der Waals surface area contributed by atoms with E-state index in [1.54, 1.807) is 0 Å². The van der Waals surface area contributed by atoms with E-state index in [0.717, 1.165) is 65.6 Å². The lowest BCUT2D eigenvalue weighted by Crippen LogP contribution is -2.29. The van der Waals surface area contributed by atoms with Crippen LogP contribution in [-0.2, 0) is 6.54 Å². The average molecular weight is 447 g/mol. The zero-order valence-corrected chi connectivity index (χ0v) is 18.9. The molecular weight excluding hydrogens is 416 g/mol. The third-order valence-electron chi connectivity index (χ3n) is 5.47. The molecule has 0 unspecified atom stereocenters. The molecule has 0 aliphatic heterocycles. The standard InChI is InChI=1S/C25H30N6O2/c1-2-3-16-33-19-12-10-18(11-13-19)29-25(32)27-14-6-7-15-31-17-28-22-23(31)20-8-4-5-9-21(20)30-24(22)26/h4-5,8-13,17H,2-3,6-7,14-16H2,1H3,(H2,26,30)(H2,27,29,32). The Hall–Kier alpha value is -3.81. The molecule has 2 heterocycles. The van der Waals surface area contributed by atoms with Crippen LogP contribution < -0.4 is 21.1 Å². The summed E-state index contributed by atoms with van der Waals surface area (Å²) in [6, 6.07) is 15.1. The number of ether oxygens (including phenoxy) is 1. The number of unbranched alkanes of at least 4 members (excludes halogenated alkanes) is 2. The van der Waals surface area contributed by atoms with Crippen LogP contribution in [0.3, 0.4) is 0 Å². The van der Waals surface area contributed by atoms with E-state index in [1.807, 2.05) is 54.9 Å². The number of aromatic nitrogens is 3. The first kappa shape index (κ1) is 22.4. The lowest BCUT2D eigenvalue weighted by atomic mass is 10.2. The number of nitrogen functional groups attached to an aromatic ring is 1. The summed E-state index contributed by atoms with van der Waals surface area (Å²) < 4.78 is 7.75. The third kappa shape index (κ3) is 5.52. The Morgan fingerprint density at radius 1 is 1.09 bits per heavy atom. The van der Waals surface area contributed by atoms with Gasteiger partial charge < -0.3 is 25.7 Å². The summed E-state index contributed by atoms with van der Waals surface area (Å²) in [5.74, 6) is 1.26.